The number of rotatable bonds is 6. The Morgan fingerprint density at radius 1 is 0.938 bits per heavy atom. The molecule has 0 aliphatic carbocycles. The normalized spacial score (nSPS) is 12.6. The molecular weight excluding hydrogens is 440 g/mol. The maximum atomic E-state index is 12.6. The van der Waals surface area contributed by atoms with Crippen LogP contribution in [0.5, 0.6) is 0 Å². The second-order valence-electron chi connectivity index (χ2n) is 6.51. The molecule has 0 aliphatic rings. The summed E-state index contributed by atoms with van der Waals surface area (Å²) >= 11 is 0. The lowest BCUT2D eigenvalue weighted by atomic mass is 10.2. The van der Waals surface area contributed by atoms with Gasteiger partial charge in [0, 0.05) is 0 Å². The van der Waals surface area contributed by atoms with E-state index < -0.39 is 32.3 Å². The van der Waals surface area contributed by atoms with Crippen molar-refractivity contribution in [2.45, 2.75) is 11.8 Å². The number of aromatic carboxylic acids is 1. The van der Waals surface area contributed by atoms with E-state index in [1.54, 1.807) is 6.07 Å². The summed E-state index contributed by atoms with van der Waals surface area (Å²) in [5.74, 6) is -1.18. The summed E-state index contributed by atoms with van der Waals surface area (Å²) in [5.41, 5.74) is 4.31. The van der Waals surface area contributed by atoms with Crippen LogP contribution in [-0.4, -0.2) is 24.0 Å². The standard InChI is InChI=1S/C20H16N4O7S/c1-11-10-12(32(29,30)31)6-7-14(11)21-24-18-17(25)9-8-16(19(18)26)23-22-15-5-3-2-4-13(15)20(27)28/h2-10,21-22H,1H3,(H,27,28)(H,29,30,31)/b23-16+,24-18+. The fourth-order valence-corrected chi connectivity index (χ4v) is 3.23. The van der Waals surface area contributed by atoms with Gasteiger partial charge < -0.3 is 5.11 Å². The van der Waals surface area contributed by atoms with E-state index in [1.165, 1.54) is 43.3 Å². The van der Waals surface area contributed by atoms with Crippen LogP contribution < -0.4 is 32.4 Å². The highest BCUT2D eigenvalue weighted by Gasteiger charge is 2.11. The molecule has 0 saturated carbocycles. The van der Waals surface area contributed by atoms with Crippen molar-refractivity contribution in [3.63, 3.8) is 0 Å². The lowest BCUT2D eigenvalue weighted by Crippen LogP contribution is -2.48. The number of nitrogens with zero attached hydrogens (tertiary/aromatic N) is 2. The molecule has 32 heavy (non-hydrogen) atoms. The number of benzene rings is 3. The van der Waals surface area contributed by atoms with Gasteiger partial charge in [-0.25, -0.2) is 4.79 Å². The molecule has 0 fully saturated rings. The van der Waals surface area contributed by atoms with Crippen LogP contribution in [0.25, 0.3) is 0 Å². The highest BCUT2D eigenvalue weighted by molar-refractivity contribution is 7.85. The van der Waals surface area contributed by atoms with Crippen molar-refractivity contribution in [3.05, 3.63) is 96.9 Å². The highest BCUT2D eigenvalue weighted by atomic mass is 32.2. The molecule has 3 aromatic carbocycles. The summed E-state index contributed by atoms with van der Waals surface area (Å²) in [6.45, 7) is 1.54. The Bertz CT molecular complexity index is 1540. The van der Waals surface area contributed by atoms with Gasteiger partial charge in [-0.3, -0.25) is 25.0 Å². The first-order chi connectivity index (χ1) is 15.1. The summed E-state index contributed by atoms with van der Waals surface area (Å²) in [7, 11) is -4.38. The van der Waals surface area contributed by atoms with Gasteiger partial charge in [-0.1, -0.05) is 12.1 Å². The zero-order valence-electron chi connectivity index (χ0n) is 16.4. The molecule has 0 radical (unpaired) electrons. The van der Waals surface area contributed by atoms with Gasteiger partial charge in [-0.2, -0.15) is 18.6 Å². The minimum absolute atomic E-state index is 0.0560. The van der Waals surface area contributed by atoms with Gasteiger partial charge in [0.25, 0.3) is 10.1 Å². The number of hydrogen-bond donors (Lipinski definition) is 4. The quantitative estimate of drug-likeness (QED) is 0.302. The van der Waals surface area contributed by atoms with Crippen molar-refractivity contribution in [2.75, 3.05) is 10.9 Å². The van der Waals surface area contributed by atoms with E-state index in [1.807, 2.05) is 0 Å². The van der Waals surface area contributed by atoms with Crippen LogP contribution in [0.4, 0.5) is 11.4 Å². The SMILES string of the molecule is Cc1cc(S(=O)(=O)O)ccc1N/N=c1\c(=O)cc/c(=N\Nc2ccccc2C(=O)O)c1=O. The van der Waals surface area contributed by atoms with Gasteiger partial charge in [0.2, 0.25) is 10.9 Å². The van der Waals surface area contributed by atoms with Crippen molar-refractivity contribution in [2.24, 2.45) is 10.2 Å². The zero-order valence-corrected chi connectivity index (χ0v) is 17.3. The van der Waals surface area contributed by atoms with Crippen LogP contribution in [-0.2, 0) is 10.1 Å². The van der Waals surface area contributed by atoms with E-state index in [-0.39, 0.29) is 21.5 Å². The summed E-state index contributed by atoms with van der Waals surface area (Å²) in [6, 6.07) is 11.8. The topological polar surface area (TPSA) is 175 Å². The van der Waals surface area contributed by atoms with Crippen LogP contribution in [0.15, 0.2) is 79.3 Å². The predicted molar refractivity (Wildman–Crippen MR) is 114 cm³/mol. The maximum Gasteiger partial charge on any atom is 0.337 e. The molecule has 0 amide bonds. The summed E-state index contributed by atoms with van der Waals surface area (Å²) in [5, 5.41) is 16.3. The number of carboxylic acid groups (broad SMARTS) is 1. The molecule has 0 spiro atoms. The van der Waals surface area contributed by atoms with Crippen LogP contribution in [0, 0.1) is 6.92 Å². The van der Waals surface area contributed by atoms with E-state index in [0.717, 1.165) is 12.1 Å². The van der Waals surface area contributed by atoms with Crippen molar-refractivity contribution in [1.29, 1.82) is 0 Å². The van der Waals surface area contributed by atoms with Gasteiger partial charge in [-0.15, -0.1) is 0 Å². The molecule has 0 atom stereocenters. The molecule has 164 valence electrons. The van der Waals surface area contributed by atoms with Crippen molar-refractivity contribution in [3.8, 4) is 0 Å². The van der Waals surface area contributed by atoms with Gasteiger partial charge in [-0.05, 0) is 55.0 Å². The fourth-order valence-electron chi connectivity index (χ4n) is 2.66. The average Bonchev–Trinajstić information content (AvgIpc) is 2.73. The number of nitrogens with one attached hydrogen (secondary N) is 2. The number of carbonyl (C=O) groups is 1. The minimum Gasteiger partial charge on any atom is -0.478 e. The smallest absolute Gasteiger partial charge is 0.337 e. The van der Waals surface area contributed by atoms with Crippen molar-refractivity contribution >= 4 is 27.5 Å². The summed E-state index contributed by atoms with van der Waals surface area (Å²) < 4.78 is 31.5. The highest BCUT2D eigenvalue weighted by Crippen LogP contribution is 2.19. The monoisotopic (exact) mass is 456 g/mol. The van der Waals surface area contributed by atoms with Crippen LogP contribution >= 0.6 is 0 Å². The molecule has 0 bridgehead atoms. The third-order valence-electron chi connectivity index (χ3n) is 4.31. The molecule has 3 aromatic rings. The zero-order chi connectivity index (χ0) is 23.5. The van der Waals surface area contributed by atoms with Crippen LogP contribution in [0.3, 0.4) is 0 Å². The average molecular weight is 456 g/mol. The van der Waals surface area contributed by atoms with Gasteiger partial charge in [0.15, 0.2) is 5.36 Å². The van der Waals surface area contributed by atoms with Crippen LogP contribution in [0.2, 0.25) is 0 Å². The maximum absolute atomic E-state index is 12.6. The Kier molecular flexibility index (Phi) is 6.27. The lowest BCUT2D eigenvalue weighted by Gasteiger charge is -2.06. The fraction of sp³-hybridized carbons (Fsp3) is 0.0500. The Hall–Kier alpha value is -4.16. The number of carboxylic acids is 1. The molecular formula is C20H16N4O7S. The second kappa shape index (κ2) is 8.91. The molecule has 0 aliphatic heterocycles. The molecule has 0 aromatic heterocycles. The van der Waals surface area contributed by atoms with E-state index >= 15 is 0 Å². The summed E-state index contributed by atoms with van der Waals surface area (Å²) in [6.07, 6.45) is 0. The Balaban J connectivity index is 1.98. The lowest BCUT2D eigenvalue weighted by molar-refractivity contribution is 0.0698. The Morgan fingerprint density at radius 2 is 1.62 bits per heavy atom. The Morgan fingerprint density at radius 3 is 2.28 bits per heavy atom. The van der Waals surface area contributed by atoms with E-state index in [4.69, 9.17) is 4.55 Å². The molecule has 11 nitrogen and oxygen atoms in total. The van der Waals surface area contributed by atoms with E-state index in [2.05, 4.69) is 21.1 Å². The van der Waals surface area contributed by atoms with Crippen LogP contribution in [0.1, 0.15) is 15.9 Å². The van der Waals surface area contributed by atoms with Gasteiger partial charge >= 0.3 is 5.97 Å². The number of aryl methyl sites for hydroxylation is 1. The molecule has 0 heterocycles. The van der Waals surface area contributed by atoms with E-state index in [9.17, 15) is 27.9 Å². The first-order valence-corrected chi connectivity index (χ1v) is 10.4. The Labute approximate surface area is 180 Å². The molecule has 12 heteroatoms. The third-order valence-corrected chi connectivity index (χ3v) is 5.16. The second-order valence-corrected chi connectivity index (χ2v) is 7.93. The van der Waals surface area contributed by atoms with Gasteiger partial charge in [0.1, 0.15) is 5.36 Å². The molecule has 0 unspecified atom stereocenters. The predicted octanol–water partition coefficient (Wildman–Crippen LogP) is 0.392. The number of para-hydroxylation sites is 1. The molecule has 4 N–H and O–H groups in total. The minimum atomic E-state index is -4.38. The molecule has 3 rings (SSSR count). The number of hydrogen-bond acceptors (Lipinski definition) is 9. The van der Waals surface area contributed by atoms with Crippen molar-refractivity contribution < 1.29 is 22.9 Å². The first-order valence-electron chi connectivity index (χ1n) is 8.93. The largest absolute Gasteiger partial charge is 0.478 e. The first kappa shape index (κ1) is 22.5. The van der Waals surface area contributed by atoms with Crippen molar-refractivity contribution in [1.82, 2.24) is 0 Å². The molecule has 0 saturated heterocycles. The van der Waals surface area contributed by atoms with Gasteiger partial charge in [0.05, 0.1) is 21.8 Å². The number of anilines is 2. The summed E-state index contributed by atoms with van der Waals surface area (Å²) in [4.78, 5) is 35.7. The van der Waals surface area contributed by atoms with E-state index in [0.29, 0.717) is 11.3 Å². The third kappa shape index (κ3) is 4.94.